The molecule has 0 spiro atoms. The number of carbonyl (C=O) groups is 1. The second-order valence-corrected chi connectivity index (χ2v) is 6.84. The molecule has 1 amide bonds. The van der Waals surface area contributed by atoms with Gasteiger partial charge in [0, 0.05) is 23.6 Å². The number of aliphatic imine (C=N–C) groups is 1. The van der Waals surface area contributed by atoms with Crippen molar-refractivity contribution in [2.75, 3.05) is 0 Å². The maximum Gasteiger partial charge on any atom is 0.253 e. The van der Waals surface area contributed by atoms with Crippen LogP contribution in [0.2, 0.25) is 0 Å². The highest BCUT2D eigenvalue weighted by atomic mass is 19.1. The van der Waals surface area contributed by atoms with Crippen molar-refractivity contribution in [2.45, 2.75) is 32.7 Å². The van der Waals surface area contributed by atoms with Gasteiger partial charge >= 0.3 is 0 Å². The Balaban J connectivity index is 1.90. The van der Waals surface area contributed by atoms with Gasteiger partial charge in [-0.05, 0) is 31.5 Å². The standard InChI is InChI=1S/C21H16F2N5O2/c1-10-15(22)3-4-17-19(10)14(8-25)13(21(30)28-17)6-18(29)27-11(2)20-16(23)5-12(7-24)9-26-20/h3-4,9,11H,5-6H2,1-2H3,(H,27,29)(H,28,30)/t11-/m0/s1. The summed E-state index contributed by atoms with van der Waals surface area (Å²) in [5.41, 5.74) is -0.202. The first-order valence-corrected chi connectivity index (χ1v) is 8.98. The Morgan fingerprint density at radius 2 is 2.07 bits per heavy atom. The second kappa shape index (κ2) is 8.26. The van der Waals surface area contributed by atoms with Gasteiger partial charge in [0.25, 0.3) is 5.56 Å². The van der Waals surface area contributed by atoms with Gasteiger partial charge in [0.15, 0.2) is 6.17 Å². The number of fused-ring (bicyclic) bond motifs is 1. The number of aryl methyl sites for hydroxylation is 1. The molecule has 1 aliphatic heterocycles. The Hall–Kier alpha value is -3.85. The number of carbonyl (C=O) groups excluding carboxylic acids is 1. The lowest BCUT2D eigenvalue weighted by Gasteiger charge is -2.20. The minimum Gasteiger partial charge on any atom is -0.348 e. The van der Waals surface area contributed by atoms with E-state index in [0.29, 0.717) is 5.52 Å². The minimum absolute atomic E-state index is 0.0202. The van der Waals surface area contributed by atoms with E-state index in [9.17, 15) is 23.6 Å². The molecule has 7 nitrogen and oxygen atoms in total. The first-order valence-electron chi connectivity index (χ1n) is 8.98. The van der Waals surface area contributed by atoms with E-state index in [0.717, 1.165) is 0 Å². The summed E-state index contributed by atoms with van der Waals surface area (Å²) in [6, 6.07) is 5.43. The zero-order valence-corrected chi connectivity index (χ0v) is 16.1. The predicted molar refractivity (Wildman–Crippen MR) is 105 cm³/mol. The van der Waals surface area contributed by atoms with Gasteiger partial charge < -0.3 is 10.3 Å². The van der Waals surface area contributed by atoms with Crippen LogP contribution in [-0.4, -0.2) is 22.6 Å². The molecule has 1 aromatic heterocycles. The summed E-state index contributed by atoms with van der Waals surface area (Å²) >= 11 is 0. The number of nitrogens with one attached hydrogen (secondary N) is 2. The van der Waals surface area contributed by atoms with Crippen molar-refractivity contribution in [1.82, 2.24) is 10.3 Å². The normalized spacial score (nSPS) is 15.0. The van der Waals surface area contributed by atoms with Crippen LogP contribution in [0.5, 0.6) is 0 Å². The fourth-order valence-electron chi connectivity index (χ4n) is 3.32. The number of allylic oxidation sites excluding steroid dienone is 1. The molecule has 1 aliphatic rings. The number of aromatic amines is 1. The third-order valence-corrected chi connectivity index (χ3v) is 4.84. The van der Waals surface area contributed by atoms with Crippen LogP contribution in [0.25, 0.3) is 10.9 Å². The van der Waals surface area contributed by atoms with E-state index < -0.39 is 35.9 Å². The maximum atomic E-state index is 14.2. The number of amides is 1. The van der Waals surface area contributed by atoms with Gasteiger partial charge in [-0.2, -0.15) is 10.5 Å². The molecule has 151 valence electrons. The minimum atomic E-state index is -0.821. The summed E-state index contributed by atoms with van der Waals surface area (Å²) in [5.74, 6) is -1.18. The van der Waals surface area contributed by atoms with Crippen LogP contribution in [0.4, 0.5) is 8.78 Å². The first-order chi connectivity index (χ1) is 14.3. The van der Waals surface area contributed by atoms with Gasteiger partial charge in [-0.3, -0.25) is 14.6 Å². The number of benzene rings is 1. The molecule has 0 fully saturated rings. The summed E-state index contributed by atoms with van der Waals surface area (Å²) in [6.07, 6.45) is -0.0548. The van der Waals surface area contributed by atoms with Gasteiger partial charge in [-0.1, -0.05) is 0 Å². The molecule has 1 aromatic carbocycles. The predicted octanol–water partition coefficient (Wildman–Crippen LogP) is 2.65. The van der Waals surface area contributed by atoms with Gasteiger partial charge in [-0.15, -0.1) is 0 Å². The van der Waals surface area contributed by atoms with Crippen molar-refractivity contribution in [2.24, 2.45) is 4.99 Å². The van der Waals surface area contributed by atoms with Gasteiger partial charge in [-0.25, -0.2) is 8.78 Å². The molecule has 1 atom stereocenters. The molecule has 9 heteroatoms. The molecule has 1 radical (unpaired) electrons. The first kappa shape index (κ1) is 20.9. The van der Waals surface area contributed by atoms with Crippen molar-refractivity contribution in [3.63, 3.8) is 0 Å². The lowest BCUT2D eigenvalue weighted by atomic mass is 9.97. The summed E-state index contributed by atoms with van der Waals surface area (Å²) in [7, 11) is 0. The smallest absolute Gasteiger partial charge is 0.253 e. The van der Waals surface area contributed by atoms with Crippen molar-refractivity contribution in [3.05, 3.63) is 62.9 Å². The van der Waals surface area contributed by atoms with Crippen molar-refractivity contribution in [1.29, 1.82) is 10.5 Å². The Morgan fingerprint density at radius 3 is 2.70 bits per heavy atom. The van der Waals surface area contributed by atoms with E-state index in [1.54, 1.807) is 0 Å². The average Bonchev–Trinajstić information content (AvgIpc) is 2.71. The van der Waals surface area contributed by atoms with E-state index in [2.05, 4.69) is 15.3 Å². The molecule has 0 saturated carbocycles. The van der Waals surface area contributed by atoms with Crippen LogP contribution >= 0.6 is 0 Å². The Bertz CT molecular complexity index is 1250. The number of hydrogen-bond acceptors (Lipinski definition) is 5. The molecule has 0 bridgehead atoms. The maximum absolute atomic E-state index is 14.2. The van der Waals surface area contributed by atoms with Crippen LogP contribution in [0.1, 0.15) is 30.0 Å². The molecule has 30 heavy (non-hydrogen) atoms. The van der Waals surface area contributed by atoms with Crippen LogP contribution in [-0.2, 0) is 11.2 Å². The molecule has 2 aromatic rings. The highest BCUT2D eigenvalue weighted by molar-refractivity contribution is 6.03. The number of H-pyrrole nitrogens is 1. The summed E-state index contributed by atoms with van der Waals surface area (Å²) < 4.78 is 28.1. The van der Waals surface area contributed by atoms with E-state index in [4.69, 9.17) is 5.26 Å². The average molecular weight is 408 g/mol. The molecule has 0 unspecified atom stereocenters. The van der Waals surface area contributed by atoms with Crippen molar-refractivity contribution < 1.29 is 13.6 Å². The fraction of sp³-hybridized carbons (Fsp3) is 0.238. The van der Waals surface area contributed by atoms with E-state index in [1.165, 1.54) is 32.2 Å². The van der Waals surface area contributed by atoms with Gasteiger partial charge in [0.05, 0.1) is 40.9 Å². The van der Waals surface area contributed by atoms with Gasteiger partial charge in [0.1, 0.15) is 11.9 Å². The lowest BCUT2D eigenvalue weighted by molar-refractivity contribution is -0.120. The number of pyridine rings is 1. The topological polar surface area (TPSA) is 122 Å². The monoisotopic (exact) mass is 408 g/mol. The zero-order valence-electron chi connectivity index (χ0n) is 16.1. The van der Waals surface area contributed by atoms with Crippen molar-refractivity contribution in [3.8, 4) is 12.1 Å². The number of halogens is 2. The third kappa shape index (κ3) is 3.83. The third-order valence-electron chi connectivity index (χ3n) is 4.84. The molecular formula is C21H16F2N5O2. The van der Waals surface area contributed by atoms with Crippen LogP contribution < -0.4 is 10.9 Å². The summed E-state index contributed by atoms with van der Waals surface area (Å²) in [4.78, 5) is 31.4. The van der Waals surface area contributed by atoms with E-state index in [-0.39, 0.29) is 39.8 Å². The van der Waals surface area contributed by atoms with E-state index >= 15 is 0 Å². The van der Waals surface area contributed by atoms with Gasteiger partial charge in [0.2, 0.25) is 5.91 Å². The van der Waals surface area contributed by atoms with Crippen molar-refractivity contribution >= 4 is 22.5 Å². The molecule has 2 N–H and O–H groups in total. The highest BCUT2D eigenvalue weighted by Gasteiger charge is 2.28. The molecule has 0 aliphatic carbocycles. The molecule has 3 rings (SSSR count). The largest absolute Gasteiger partial charge is 0.348 e. The lowest BCUT2D eigenvalue weighted by Crippen LogP contribution is -2.42. The Kier molecular flexibility index (Phi) is 5.74. The number of nitriles is 2. The SMILES string of the molecule is Cc1c(F)ccc2[nH]c(=O)c(CC(=O)N[C@@H](C)C3=NC=C(C#N)C[C]3F)c(C#N)c12. The van der Waals surface area contributed by atoms with Crippen LogP contribution in [0.3, 0.4) is 0 Å². The summed E-state index contributed by atoms with van der Waals surface area (Å²) in [5, 5.41) is 21.2. The number of nitrogens with zero attached hydrogens (tertiary/aromatic N) is 3. The van der Waals surface area contributed by atoms with E-state index in [1.807, 2.05) is 12.1 Å². The molecule has 2 heterocycles. The molecular weight excluding hydrogens is 392 g/mol. The number of aromatic nitrogens is 1. The number of hydrogen-bond donors (Lipinski definition) is 2. The quantitative estimate of drug-likeness (QED) is 0.807. The number of rotatable bonds is 4. The Morgan fingerprint density at radius 1 is 1.33 bits per heavy atom. The second-order valence-electron chi connectivity index (χ2n) is 6.84. The summed E-state index contributed by atoms with van der Waals surface area (Å²) in [6.45, 7) is 2.99. The molecule has 0 saturated heterocycles. The zero-order chi connectivity index (χ0) is 22.0. The fourth-order valence-corrected chi connectivity index (χ4v) is 3.32. The van der Waals surface area contributed by atoms with Crippen LogP contribution in [0, 0.1) is 41.6 Å². The highest BCUT2D eigenvalue weighted by Crippen LogP contribution is 2.25. The van der Waals surface area contributed by atoms with Crippen LogP contribution in [0.15, 0.2) is 33.7 Å². The Labute approximate surface area is 170 Å².